The fourth-order valence-corrected chi connectivity index (χ4v) is 2.88. The first-order valence-electron chi connectivity index (χ1n) is 7.63. The van der Waals surface area contributed by atoms with Crippen LogP contribution in [0.3, 0.4) is 0 Å². The van der Waals surface area contributed by atoms with Gasteiger partial charge in [-0.1, -0.05) is 12.1 Å². The molecule has 116 valence electrons. The minimum absolute atomic E-state index is 0.173. The molecule has 22 heavy (non-hydrogen) atoms. The normalized spacial score (nSPS) is 16.0. The summed E-state index contributed by atoms with van der Waals surface area (Å²) in [5.74, 6) is 0.352. The predicted molar refractivity (Wildman–Crippen MR) is 87.1 cm³/mol. The van der Waals surface area contributed by atoms with Gasteiger partial charge < -0.3 is 15.2 Å². The number of para-hydroxylation sites is 1. The van der Waals surface area contributed by atoms with Crippen LogP contribution in [0.15, 0.2) is 35.3 Å². The van der Waals surface area contributed by atoms with Gasteiger partial charge in [0.2, 0.25) is 5.43 Å². The highest BCUT2D eigenvalue weighted by Crippen LogP contribution is 2.34. The van der Waals surface area contributed by atoms with Gasteiger partial charge in [0, 0.05) is 29.7 Å². The Bertz CT molecular complexity index is 745. The van der Waals surface area contributed by atoms with Crippen LogP contribution in [0.25, 0.3) is 10.9 Å². The van der Waals surface area contributed by atoms with Crippen LogP contribution in [-0.4, -0.2) is 42.5 Å². The van der Waals surface area contributed by atoms with Gasteiger partial charge in [0.15, 0.2) is 0 Å². The SMILES string of the molecule is CN(C)[C@H](CNC(=O)c1c[nH]c2ccccc2c1=O)C1CC1. The maximum atomic E-state index is 12.4. The molecule has 3 rings (SSSR count). The van der Waals surface area contributed by atoms with Crippen molar-refractivity contribution in [2.24, 2.45) is 5.92 Å². The standard InChI is InChI=1S/C17H21N3O2/c1-20(2)15(11-7-8-11)10-19-17(22)13-9-18-14-6-4-3-5-12(14)16(13)21/h3-6,9,11,15H,7-8,10H2,1-2H3,(H,18,21)(H,19,22)/t15-/m1/s1. The number of rotatable bonds is 5. The summed E-state index contributed by atoms with van der Waals surface area (Å²) < 4.78 is 0. The first kappa shape index (κ1) is 14.8. The highest BCUT2D eigenvalue weighted by Gasteiger charge is 2.32. The van der Waals surface area contributed by atoms with E-state index in [-0.39, 0.29) is 16.9 Å². The molecule has 1 saturated carbocycles. The zero-order chi connectivity index (χ0) is 15.7. The number of aromatic amines is 1. The second-order valence-electron chi connectivity index (χ2n) is 6.16. The Hall–Kier alpha value is -2.14. The Labute approximate surface area is 129 Å². The number of carbonyl (C=O) groups excluding carboxylic acids is 1. The summed E-state index contributed by atoms with van der Waals surface area (Å²) in [7, 11) is 4.05. The molecule has 1 aromatic carbocycles. The number of hydrogen-bond acceptors (Lipinski definition) is 3. The molecule has 1 heterocycles. The Morgan fingerprint density at radius 1 is 1.36 bits per heavy atom. The molecule has 2 N–H and O–H groups in total. The number of fused-ring (bicyclic) bond motifs is 1. The van der Waals surface area contributed by atoms with E-state index < -0.39 is 0 Å². The van der Waals surface area contributed by atoms with Crippen molar-refractivity contribution in [3.8, 4) is 0 Å². The quantitative estimate of drug-likeness (QED) is 0.881. The molecular weight excluding hydrogens is 278 g/mol. The number of nitrogens with one attached hydrogen (secondary N) is 2. The van der Waals surface area contributed by atoms with Gasteiger partial charge >= 0.3 is 0 Å². The van der Waals surface area contributed by atoms with Crippen molar-refractivity contribution in [2.75, 3.05) is 20.6 Å². The van der Waals surface area contributed by atoms with Gasteiger partial charge in [-0.3, -0.25) is 9.59 Å². The molecule has 1 aliphatic carbocycles. The number of H-pyrrole nitrogens is 1. The Balaban J connectivity index is 1.77. The number of carbonyl (C=O) groups is 1. The molecule has 0 bridgehead atoms. The molecule has 0 spiro atoms. The van der Waals surface area contributed by atoms with Crippen molar-refractivity contribution >= 4 is 16.8 Å². The van der Waals surface area contributed by atoms with Crippen molar-refractivity contribution in [2.45, 2.75) is 18.9 Å². The summed E-state index contributed by atoms with van der Waals surface area (Å²) in [5, 5.41) is 3.45. The number of pyridine rings is 1. The Morgan fingerprint density at radius 2 is 2.09 bits per heavy atom. The summed E-state index contributed by atoms with van der Waals surface area (Å²) >= 11 is 0. The van der Waals surface area contributed by atoms with E-state index in [9.17, 15) is 9.59 Å². The summed E-state index contributed by atoms with van der Waals surface area (Å²) in [5.41, 5.74) is 0.694. The van der Waals surface area contributed by atoms with E-state index >= 15 is 0 Å². The highest BCUT2D eigenvalue weighted by molar-refractivity contribution is 5.97. The van der Waals surface area contributed by atoms with Gasteiger partial charge in [0.1, 0.15) is 5.56 Å². The number of likely N-dealkylation sites (N-methyl/N-ethyl adjacent to an activating group) is 1. The predicted octanol–water partition coefficient (Wildman–Crippen LogP) is 1.60. The summed E-state index contributed by atoms with van der Waals surface area (Å²) in [6.45, 7) is 0.572. The van der Waals surface area contributed by atoms with Crippen LogP contribution in [0.4, 0.5) is 0 Å². The molecule has 1 atom stereocenters. The first-order chi connectivity index (χ1) is 10.6. The number of benzene rings is 1. The lowest BCUT2D eigenvalue weighted by Gasteiger charge is -2.24. The lowest BCUT2D eigenvalue weighted by atomic mass is 10.1. The van der Waals surface area contributed by atoms with Gasteiger partial charge in [-0.15, -0.1) is 0 Å². The van der Waals surface area contributed by atoms with Gasteiger partial charge in [-0.05, 0) is 45.0 Å². The maximum Gasteiger partial charge on any atom is 0.256 e. The van der Waals surface area contributed by atoms with Gasteiger partial charge in [0.25, 0.3) is 5.91 Å². The molecule has 0 radical (unpaired) electrons. The summed E-state index contributed by atoms with van der Waals surface area (Å²) in [6.07, 6.45) is 3.94. The molecule has 0 aliphatic heterocycles. The maximum absolute atomic E-state index is 12.4. The molecule has 2 aromatic rings. The molecule has 1 amide bonds. The van der Waals surface area contributed by atoms with E-state index in [0.29, 0.717) is 23.9 Å². The van der Waals surface area contributed by atoms with Crippen LogP contribution < -0.4 is 10.7 Å². The average molecular weight is 299 g/mol. The lowest BCUT2D eigenvalue weighted by Crippen LogP contribution is -2.42. The van der Waals surface area contributed by atoms with E-state index in [1.807, 2.05) is 26.2 Å². The zero-order valence-corrected chi connectivity index (χ0v) is 12.9. The van der Waals surface area contributed by atoms with Crippen LogP contribution >= 0.6 is 0 Å². The first-order valence-corrected chi connectivity index (χ1v) is 7.63. The molecule has 0 unspecified atom stereocenters. The third kappa shape index (κ3) is 2.90. The fraction of sp³-hybridized carbons (Fsp3) is 0.412. The van der Waals surface area contributed by atoms with E-state index in [1.54, 1.807) is 12.1 Å². The third-order valence-electron chi connectivity index (χ3n) is 4.33. The average Bonchev–Trinajstić information content (AvgIpc) is 3.32. The molecule has 0 saturated heterocycles. The number of nitrogens with zero attached hydrogens (tertiary/aromatic N) is 1. The Kier molecular flexibility index (Phi) is 3.98. The van der Waals surface area contributed by atoms with E-state index in [4.69, 9.17) is 0 Å². The molecule has 1 aliphatic rings. The second kappa shape index (κ2) is 5.93. The number of hydrogen-bond donors (Lipinski definition) is 2. The van der Waals surface area contributed by atoms with Gasteiger partial charge in [0.05, 0.1) is 0 Å². The van der Waals surface area contributed by atoms with Crippen LogP contribution in [-0.2, 0) is 0 Å². The second-order valence-corrected chi connectivity index (χ2v) is 6.16. The smallest absolute Gasteiger partial charge is 0.256 e. The number of amides is 1. The van der Waals surface area contributed by atoms with Crippen LogP contribution in [0, 0.1) is 5.92 Å². The fourth-order valence-electron chi connectivity index (χ4n) is 2.88. The van der Waals surface area contributed by atoms with E-state index in [1.165, 1.54) is 19.0 Å². The largest absolute Gasteiger partial charge is 0.360 e. The van der Waals surface area contributed by atoms with E-state index in [2.05, 4.69) is 15.2 Å². The van der Waals surface area contributed by atoms with Crippen LogP contribution in [0.5, 0.6) is 0 Å². The van der Waals surface area contributed by atoms with Crippen molar-refractivity contribution < 1.29 is 4.79 Å². The number of aromatic nitrogens is 1. The van der Waals surface area contributed by atoms with E-state index in [0.717, 1.165) is 5.52 Å². The van der Waals surface area contributed by atoms with Gasteiger partial charge in [-0.2, -0.15) is 0 Å². The summed E-state index contributed by atoms with van der Waals surface area (Å²) in [6, 6.07) is 7.55. The molecule has 1 fully saturated rings. The molecular formula is C17H21N3O2. The van der Waals surface area contributed by atoms with Crippen LogP contribution in [0.1, 0.15) is 23.2 Å². The van der Waals surface area contributed by atoms with Crippen molar-refractivity contribution in [1.29, 1.82) is 0 Å². The van der Waals surface area contributed by atoms with Crippen LogP contribution in [0.2, 0.25) is 0 Å². The van der Waals surface area contributed by atoms with Crippen molar-refractivity contribution in [3.05, 3.63) is 46.2 Å². The lowest BCUT2D eigenvalue weighted by molar-refractivity contribution is 0.0937. The van der Waals surface area contributed by atoms with Crippen molar-refractivity contribution in [1.82, 2.24) is 15.2 Å². The van der Waals surface area contributed by atoms with Gasteiger partial charge in [-0.25, -0.2) is 0 Å². The minimum atomic E-state index is -0.306. The molecule has 5 nitrogen and oxygen atoms in total. The molecule has 5 heteroatoms. The molecule has 1 aromatic heterocycles. The third-order valence-corrected chi connectivity index (χ3v) is 4.33. The zero-order valence-electron chi connectivity index (χ0n) is 12.9. The topological polar surface area (TPSA) is 65.2 Å². The summed E-state index contributed by atoms with van der Waals surface area (Å²) in [4.78, 5) is 29.9. The monoisotopic (exact) mass is 299 g/mol. The Morgan fingerprint density at radius 3 is 2.77 bits per heavy atom. The minimum Gasteiger partial charge on any atom is -0.360 e. The highest BCUT2D eigenvalue weighted by atomic mass is 16.2. The van der Waals surface area contributed by atoms with Crippen molar-refractivity contribution in [3.63, 3.8) is 0 Å².